The van der Waals surface area contributed by atoms with Crippen molar-refractivity contribution in [2.75, 3.05) is 16.3 Å². The molecule has 1 aliphatic heterocycles. The van der Waals surface area contributed by atoms with Crippen molar-refractivity contribution in [2.24, 2.45) is 0 Å². The maximum atomic E-state index is 13.0. The first kappa shape index (κ1) is 13.7. The summed E-state index contributed by atoms with van der Waals surface area (Å²) in [6.07, 6.45) is 0.925. The summed E-state index contributed by atoms with van der Waals surface area (Å²) in [7, 11) is 0. The van der Waals surface area contributed by atoms with Gasteiger partial charge in [-0.1, -0.05) is 36.4 Å². The smallest absolute Gasteiger partial charge is 0.294 e. The average molecular weight is 280 g/mol. The molecule has 0 N–H and O–H groups in total. The zero-order valence-electron chi connectivity index (χ0n) is 12.5. The van der Waals surface area contributed by atoms with Crippen molar-refractivity contribution >= 4 is 17.4 Å². The Bertz CT molecular complexity index is 639. The number of benzene rings is 2. The van der Waals surface area contributed by atoms with Crippen LogP contribution in [0.1, 0.15) is 19.4 Å². The summed E-state index contributed by atoms with van der Waals surface area (Å²) >= 11 is 0. The summed E-state index contributed by atoms with van der Waals surface area (Å²) < 4.78 is 0. The third-order valence-corrected chi connectivity index (χ3v) is 4.03. The number of hydrogen-bond donors (Lipinski definition) is 0. The van der Waals surface area contributed by atoms with E-state index >= 15 is 0 Å². The van der Waals surface area contributed by atoms with Crippen LogP contribution in [0, 0.1) is 0 Å². The predicted octanol–water partition coefficient (Wildman–Crippen LogP) is 4.08. The van der Waals surface area contributed by atoms with Crippen molar-refractivity contribution in [1.29, 1.82) is 0 Å². The van der Waals surface area contributed by atoms with Crippen molar-refractivity contribution in [1.82, 2.24) is 0 Å². The molecule has 0 aliphatic carbocycles. The van der Waals surface area contributed by atoms with Gasteiger partial charge in [-0.05, 0) is 44.0 Å². The highest BCUT2D eigenvalue weighted by Crippen LogP contribution is 2.33. The minimum Gasteiger partial charge on any atom is -0.294 e. The van der Waals surface area contributed by atoms with E-state index in [4.69, 9.17) is 0 Å². The fraction of sp³-hybridized carbons (Fsp3) is 0.278. The van der Waals surface area contributed by atoms with E-state index in [9.17, 15) is 4.79 Å². The molecular formula is C18H20N2O. The molecule has 1 atom stereocenters. The number of carbonyl (C=O) groups is 1. The minimum atomic E-state index is 0.0566. The maximum absolute atomic E-state index is 13.0. The van der Waals surface area contributed by atoms with Gasteiger partial charge in [0.05, 0.1) is 0 Å². The Labute approximate surface area is 125 Å². The van der Waals surface area contributed by atoms with E-state index in [0.29, 0.717) is 6.54 Å². The van der Waals surface area contributed by atoms with Crippen molar-refractivity contribution in [3.05, 3.63) is 60.2 Å². The molecule has 0 fully saturated rings. The van der Waals surface area contributed by atoms with Crippen molar-refractivity contribution in [2.45, 2.75) is 26.3 Å². The van der Waals surface area contributed by atoms with E-state index in [2.05, 4.69) is 13.0 Å². The number of para-hydroxylation sites is 2. The van der Waals surface area contributed by atoms with Gasteiger partial charge in [0.25, 0.3) is 0 Å². The predicted molar refractivity (Wildman–Crippen MR) is 86.9 cm³/mol. The van der Waals surface area contributed by atoms with Gasteiger partial charge in [-0.15, -0.1) is 0 Å². The van der Waals surface area contributed by atoms with Gasteiger partial charge < -0.3 is 0 Å². The van der Waals surface area contributed by atoms with E-state index in [1.54, 1.807) is 0 Å². The number of carbonyl (C=O) groups excluding carboxylic acids is 1. The number of fused-ring (bicyclic) bond motifs is 1. The number of urea groups is 1. The van der Waals surface area contributed by atoms with Crippen LogP contribution < -0.4 is 9.80 Å². The van der Waals surface area contributed by atoms with E-state index in [0.717, 1.165) is 17.8 Å². The van der Waals surface area contributed by atoms with Gasteiger partial charge in [-0.2, -0.15) is 0 Å². The van der Waals surface area contributed by atoms with E-state index in [1.807, 2.05) is 65.3 Å². The third kappa shape index (κ3) is 2.40. The Hall–Kier alpha value is -2.29. The highest BCUT2D eigenvalue weighted by atomic mass is 16.2. The van der Waals surface area contributed by atoms with E-state index in [-0.39, 0.29) is 12.1 Å². The Kier molecular flexibility index (Phi) is 3.65. The standard InChI is InChI=1S/C18H20N2O/c1-3-19(16-10-5-4-6-11-16)18(21)20-14(2)13-15-9-7-8-12-17(15)20/h4-12,14H,3,13H2,1-2H3. The fourth-order valence-electron chi connectivity index (χ4n) is 3.02. The number of hydrogen-bond acceptors (Lipinski definition) is 1. The van der Waals surface area contributed by atoms with Crippen LogP contribution in [0.25, 0.3) is 0 Å². The first-order valence-corrected chi connectivity index (χ1v) is 7.46. The first-order chi connectivity index (χ1) is 10.2. The van der Waals surface area contributed by atoms with E-state index < -0.39 is 0 Å². The van der Waals surface area contributed by atoms with Crippen molar-refractivity contribution < 1.29 is 4.79 Å². The second-order valence-electron chi connectivity index (χ2n) is 5.41. The lowest BCUT2D eigenvalue weighted by Gasteiger charge is -2.30. The summed E-state index contributed by atoms with van der Waals surface area (Å²) in [4.78, 5) is 16.8. The Morgan fingerprint density at radius 3 is 2.52 bits per heavy atom. The summed E-state index contributed by atoms with van der Waals surface area (Å²) in [5.41, 5.74) is 3.24. The summed E-state index contributed by atoms with van der Waals surface area (Å²) in [6.45, 7) is 4.78. The van der Waals surface area contributed by atoms with Gasteiger partial charge in [0.1, 0.15) is 0 Å². The highest BCUT2D eigenvalue weighted by Gasteiger charge is 2.33. The molecular weight excluding hydrogens is 260 g/mol. The highest BCUT2D eigenvalue weighted by molar-refractivity contribution is 6.05. The second kappa shape index (κ2) is 5.60. The average Bonchev–Trinajstić information content (AvgIpc) is 2.84. The molecule has 3 rings (SSSR count). The Morgan fingerprint density at radius 1 is 1.14 bits per heavy atom. The van der Waals surface area contributed by atoms with Crippen LogP contribution in [-0.2, 0) is 6.42 Å². The molecule has 21 heavy (non-hydrogen) atoms. The first-order valence-electron chi connectivity index (χ1n) is 7.46. The number of anilines is 2. The topological polar surface area (TPSA) is 23.6 Å². The lowest BCUT2D eigenvalue weighted by atomic mass is 10.1. The fourth-order valence-corrected chi connectivity index (χ4v) is 3.02. The molecule has 2 amide bonds. The van der Waals surface area contributed by atoms with Gasteiger partial charge in [-0.3, -0.25) is 9.80 Å². The normalized spacial score (nSPS) is 16.7. The summed E-state index contributed by atoms with van der Waals surface area (Å²) in [6, 6.07) is 18.3. The van der Waals surface area contributed by atoms with Crippen LogP contribution in [0.4, 0.5) is 16.2 Å². The molecule has 2 aromatic rings. The molecule has 2 aromatic carbocycles. The zero-order chi connectivity index (χ0) is 14.8. The van der Waals surface area contributed by atoms with Gasteiger partial charge in [0.15, 0.2) is 0 Å². The van der Waals surface area contributed by atoms with E-state index in [1.165, 1.54) is 5.56 Å². The summed E-state index contributed by atoms with van der Waals surface area (Å²) in [5, 5.41) is 0. The molecule has 1 aliphatic rings. The van der Waals surface area contributed by atoms with Crippen LogP contribution in [-0.4, -0.2) is 18.6 Å². The molecule has 0 saturated carbocycles. The molecule has 3 heteroatoms. The lowest BCUT2D eigenvalue weighted by Crippen LogP contribution is -2.46. The molecule has 0 saturated heterocycles. The van der Waals surface area contributed by atoms with Crippen LogP contribution in [0.5, 0.6) is 0 Å². The Balaban J connectivity index is 1.94. The number of nitrogens with zero attached hydrogens (tertiary/aromatic N) is 2. The molecule has 108 valence electrons. The van der Waals surface area contributed by atoms with Crippen LogP contribution in [0.3, 0.4) is 0 Å². The van der Waals surface area contributed by atoms with Gasteiger partial charge in [0.2, 0.25) is 0 Å². The molecule has 0 aromatic heterocycles. The number of rotatable bonds is 2. The minimum absolute atomic E-state index is 0.0566. The summed E-state index contributed by atoms with van der Waals surface area (Å²) in [5.74, 6) is 0. The van der Waals surface area contributed by atoms with Gasteiger partial charge in [-0.25, -0.2) is 4.79 Å². The van der Waals surface area contributed by atoms with Crippen molar-refractivity contribution in [3.63, 3.8) is 0 Å². The largest absolute Gasteiger partial charge is 0.329 e. The quantitative estimate of drug-likeness (QED) is 0.813. The Morgan fingerprint density at radius 2 is 1.81 bits per heavy atom. The maximum Gasteiger partial charge on any atom is 0.329 e. The zero-order valence-corrected chi connectivity index (χ0v) is 12.5. The van der Waals surface area contributed by atoms with Crippen LogP contribution >= 0.6 is 0 Å². The lowest BCUT2D eigenvalue weighted by molar-refractivity contribution is 0.250. The second-order valence-corrected chi connectivity index (χ2v) is 5.41. The van der Waals surface area contributed by atoms with Crippen LogP contribution in [0.2, 0.25) is 0 Å². The SMILES string of the molecule is CCN(C(=O)N1c2ccccc2CC1C)c1ccccc1. The molecule has 1 unspecified atom stereocenters. The molecule has 0 radical (unpaired) electrons. The molecule has 0 bridgehead atoms. The molecule has 3 nitrogen and oxygen atoms in total. The van der Waals surface area contributed by atoms with Crippen molar-refractivity contribution in [3.8, 4) is 0 Å². The van der Waals surface area contributed by atoms with Gasteiger partial charge >= 0.3 is 6.03 Å². The molecule has 0 spiro atoms. The third-order valence-electron chi connectivity index (χ3n) is 4.03. The van der Waals surface area contributed by atoms with Crippen LogP contribution in [0.15, 0.2) is 54.6 Å². The molecule has 1 heterocycles. The van der Waals surface area contributed by atoms with Gasteiger partial charge in [0, 0.05) is 24.0 Å². The monoisotopic (exact) mass is 280 g/mol. The number of amides is 2.